The van der Waals surface area contributed by atoms with Crippen molar-refractivity contribution in [2.24, 2.45) is 0 Å². The third-order valence-corrected chi connectivity index (χ3v) is 6.13. The summed E-state index contributed by atoms with van der Waals surface area (Å²) in [7, 11) is 1.65. The van der Waals surface area contributed by atoms with E-state index in [1.54, 1.807) is 7.05 Å². The van der Waals surface area contributed by atoms with Crippen LogP contribution in [0.4, 0.5) is 5.69 Å². The number of benzene rings is 1. The molecule has 0 bridgehead atoms. The van der Waals surface area contributed by atoms with E-state index in [4.69, 9.17) is 0 Å². The molecule has 1 aromatic heterocycles. The van der Waals surface area contributed by atoms with Gasteiger partial charge in [0.1, 0.15) is 5.82 Å². The molecule has 2 amide bonds. The molecule has 1 aromatic carbocycles. The van der Waals surface area contributed by atoms with Crippen LogP contribution in [0.15, 0.2) is 42.1 Å². The van der Waals surface area contributed by atoms with E-state index in [-0.39, 0.29) is 23.6 Å². The molecule has 3 rings (SSSR count). The Balaban J connectivity index is 1.59. The van der Waals surface area contributed by atoms with Gasteiger partial charge in [-0.25, -0.2) is 0 Å². The highest BCUT2D eigenvalue weighted by Crippen LogP contribution is 2.40. The highest BCUT2D eigenvalue weighted by molar-refractivity contribution is 8.00. The summed E-state index contributed by atoms with van der Waals surface area (Å²) >= 11 is 1.37. The van der Waals surface area contributed by atoms with Crippen LogP contribution in [0.1, 0.15) is 44.0 Å². The van der Waals surface area contributed by atoms with Crippen LogP contribution >= 0.6 is 11.8 Å². The topological polar surface area (TPSA) is 80.1 Å². The molecule has 1 heterocycles. The maximum absolute atomic E-state index is 12.8. The molecule has 1 saturated carbocycles. The average Bonchev–Trinajstić information content (AvgIpc) is 3.50. The molecule has 1 fully saturated rings. The number of likely N-dealkylation sites (N-methyl/N-ethyl adjacent to an activating group) is 1. The molecule has 1 aliphatic carbocycles. The van der Waals surface area contributed by atoms with E-state index >= 15 is 0 Å². The fourth-order valence-electron chi connectivity index (χ4n) is 3.28. The molecular weight excluding hydrogens is 398 g/mol. The zero-order valence-electron chi connectivity index (χ0n) is 17.8. The number of nitrogens with one attached hydrogen (secondary N) is 1. The first-order valence-corrected chi connectivity index (χ1v) is 11.2. The Bertz CT molecular complexity index is 922. The zero-order valence-corrected chi connectivity index (χ0v) is 18.6. The number of allylic oxidation sites excluding steroid dienone is 1. The maximum atomic E-state index is 12.8. The highest BCUT2D eigenvalue weighted by Gasteiger charge is 2.31. The quantitative estimate of drug-likeness (QED) is 0.464. The first-order chi connectivity index (χ1) is 14.4. The number of nitrogens with zero attached hydrogens (tertiary/aromatic N) is 4. The van der Waals surface area contributed by atoms with Gasteiger partial charge in [0, 0.05) is 25.2 Å². The molecule has 1 aliphatic rings. The molecule has 7 nitrogen and oxygen atoms in total. The van der Waals surface area contributed by atoms with Crippen molar-refractivity contribution >= 4 is 29.3 Å². The summed E-state index contributed by atoms with van der Waals surface area (Å²) in [4.78, 5) is 26.7. The van der Waals surface area contributed by atoms with Crippen molar-refractivity contribution in [1.82, 2.24) is 19.7 Å². The normalized spacial score (nSPS) is 14.2. The summed E-state index contributed by atoms with van der Waals surface area (Å²) in [6.07, 6.45) is 4.91. The summed E-state index contributed by atoms with van der Waals surface area (Å²) in [6.45, 7) is 8.30. The second kappa shape index (κ2) is 9.93. The van der Waals surface area contributed by atoms with Gasteiger partial charge in [0.15, 0.2) is 5.16 Å². The fourth-order valence-corrected chi connectivity index (χ4v) is 4.26. The van der Waals surface area contributed by atoms with E-state index in [0.29, 0.717) is 17.6 Å². The largest absolute Gasteiger partial charge is 0.335 e. The highest BCUT2D eigenvalue weighted by atomic mass is 32.2. The van der Waals surface area contributed by atoms with E-state index in [1.807, 2.05) is 48.8 Å². The van der Waals surface area contributed by atoms with Gasteiger partial charge < -0.3 is 14.8 Å². The third-order valence-electron chi connectivity index (χ3n) is 5.06. The zero-order chi connectivity index (χ0) is 21.7. The Kier molecular flexibility index (Phi) is 7.31. The first kappa shape index (κ1) is 22.1. The number of amides is 2. The van der Waals surface area contributed by atoms with Crippen LogP contribution in [0.2, 0.25) is 0 Å². The molecule has 2 aromatic rings. The van der Waals surface area contributed by atoms with Gasteiger partial charge >= 0.3 is 0 Å². The smallest absolute Gasteiger partial charge is 0.243 e. The molecule has 0 aliphatic heterocycles. The van der Waals surface area contributed by atoms with Crippen molar-refractivity contribution in [2.75, 3.05) is 18.9 Å². The van der Waals surface area contributed by atoms with Crippen LogP contribution in [-0.4, -0.2) is 50.3 Å². The number of hydrogen-bond donors (Lipinski definition) is 1. The van der Waals surface area contributed by atoms with Gasteiger partial charge in [0.2, 0.25) is 11.8 Å². The van der Waals surface area contributed by atoms with Crippen LogP contribution < -0.4 is 5.32 Å². The summed E-state index contributed by atoms with van der Waals surface area (Å²) in [5.41, 5.74) is 1.86. The Morgan fingerprint density at radius 3 is 2.77 bits per heavy atom. The summed E-state index contributed by atoms with van der Waals surface area (Å²) in [5.74, 6) is 1.10. The Labute approximate surface area is 181 Å². The predicted octanol–water partition coefficient (Wildman–Crippen LogP) is 3.48. The number of carbonyl (C=O) groups is 2. The lowest BCUT2D eigenvalue weighted by atomic mass is 10.1. The third kappa shape index (κ3) is 5.30. The average molecular weight is 428 g/mol. The SMILES string of the molecule is C=CCn1c(SC(C)C(=O)N(C)CC(=O)Nc2ccccc2CC)nnc1C1CC1. The molecule has 0 saturated heterocycles. The number of para-hydroxylation sites is 1. The van der Waals surface area contributed by atoms with Crippen molar-refractivity contribution < 1.29 is 9.59 Å². The van der Waals surface area contributed by atoms with E-state index in [2.05, 4.69) is 22.1 Å². The van der Waals surface area contributed by atoms with Gasteiger partial charge in [-0.15, -0.1) is 16.8 Å². The molecule has 1 atom stereocenters. The van der Waals surface area contributed by atoms with Crippen LogP contribution in [-0.2, 0) is 22.6 Å². The Hall–Kier alpha value is -2.61. The number of aromatic nitrogens is 3. The van der Waals surface area contributed by atoms with Gasteiger partial charge in [-0.3, -0.25) is 9.59 Å². The van der Waals surface area contributed by atoms with Crippen LogP contribution in [0, 0.1) is 0 Å². The van der Waals surface area contributed by atoms with Crippen LogP contribution in [0.25, 0.3) is 0 Å². The molecule has 8 heteroatoms. The minimum atomic E-state index is -0.384. The van der Waals surface area contributed by atoms with Crippen molar-refractivity contribution in [3.8, 4) is 0 Å². The van der Waals surface area contributed by atoms with Gasteiger partial charge in [0.25, 0.3) is 0 Å². The predicted molar refractivity (Wildman–Crippen MR) is 120 cm³/mol. The maximum Gasteiger partial charge on any atom is 0.243 e. The van der Waals surface area contributed by atoms with Crippen molar-refractivity contribution in [2.45, 2.75) is 56.0 Å². The number of aryl methyl sites for hydroxylation is 1. The first-order valence-electron chi connectivity index (χ1n) is 10.3. The monoisotopic (exact) mass is 427 g/mol. The summed E-state index contributed by atoms with van der Waals surface area (Å²) in [6, 6.07) is 7.69. The van der Waals surface area contributed by atoms with Crippen LogP contribution in [0.5, 0.6) is 0 Å². The van der Waals surface area contributed by atoms with E-state index in [9.17, 15) is 9.59 Å². The molecule has 30 heavy (non-hydrogen) atoms. The lowest BCUT2D eigenvalue weighted by Crippen LogP contribution is -2.39. The minimum absolute atomic E-state index is 0.00550. The molecule has 1 N–H and O–H groups in total. The number of carbonyl (C=O) groups excluding carboxylic acids is 2. The number of hydrogen-bond acceptors (Lipinski definition) is 5. The van der Waals surface area contributed by atoms with Crippen molar-refractivity contribution in [1.29, 1.82) is 0 Å². The van der Waals surface area contributed by atoms with E-state index in [1.165, 1.54) is 16.7 Å². The summed E-state index contributed by atoms with van der Waals surface area (Å²) < 4.78 is 2.04. The second-order valence-corrected chi connectivity index (χ2v) is 8.84. The lowest BCUT2D eigenvalue weighted by molar-refractivity contribution is -0.132. The van der Waals surface area contributed by atoms with Gasteiger partial charge in [-0.2, -0.15) is 0 Å². The Morgan fingerprint density at radius 2 is 2.10 bits per heavy atom. The lowest BCUT2D eigenvalue weighted by Gasteiger charge is -2.21. The number of rotatable bonds is 10. The van der Waals surface area contributed by atoms with E-state index in [0.717, 1.165) is 36.3 Å². The molecule has 0 radical (unpaired) electrons. The van der Waals surface area contributed by atoms with Crippen molar-refractivity contribution in [3.63, 3.8) is 0 Å². The summed E-state index contributed by atoms with van der Waals surface area (Å²) in [5, 5.41) is 11.9. The minimum Gasteiger partial charge on any atom is -0.335 e. The fraction of sp³-hybridized carbons (Fsp3) is 0.455. The van der Waals surface area contributed by atoms with Crippen molar-refractivity contribution in [3.05, 3.63) is 48.3 Å². The molecule has 0 spiro atoms. The Morgan fingerprint density at radius 1 is 1.37 bits per heavy atom. The number of anilines is 1. The van der Waals surface area contributed by atoms with Gasteiger partial charge in [-0.1, -0.05) is 43.0 Å². The van der Waals surface area contributed by atoms with Gasteiger partial charge in [0.05, 0.1) is 11.8 Å². The standard InChI is InChI=1S/C22H29N5O2S/c1-5-13-27-20(17-11-12-17)24-25-22(27)30-15(3)21(29)26(4)14-19(28)23-18-10-8-7-9-16(18)6-2/h5,7-10,15,17H,1,6,11-14H2,2-4H3,(H,23,28). The molecule has 160 valence electrons. The molecular formula is C22H29N5O2S. The number of thioether (sulfide) groups is 1. The van der Waals surface area contributed by atoms with Crippen LogP contribution in [0.3, 0.4) is 0 Å². The van der Waals surface area contributed by atoms with E-state index < -0.39 is 0 Å². The van der Waals surface area contributed by atoms with Gasteiger partial charge in [-0.05, 0) is 37.8 Å². The second-order valence-electron chi connectivity index (χ2n) is 7.53. The molecule has 1 unspecified atom stereocenters.